The van der Waals surface area contributed by atoms with Gasteiger partial charge in [-0.25, -0.2) is 0 Å². The van der Waals surface area contributed by atoms with Crippen molar-refractivity contribution in [2.24, 2.45) is 0 Å². The van der Waals surface area contributed by atoms with Gasteiger partial charge in [-0.15, -0.1) is 0 Å². The summed E-state index contributed by atoms with van der Waals surface area (Å²) in [5.74, 6) is 1.51. The van der Waals surface area contributed by atoms with Crippen LogP contribution < -0.4 is 14.4 Å². The van der Waals surface area contributed by atoms with Gasteiger partial charge in [-0.3, -0.25) is 4.79 Å². The molecule has 0 bridgehead atoms. The average molecular weight is 497 g/mol. The van der Waals surface area contributed by atoms with Gasteiger partial charge in [0.1, 0.15) is 17.1 Å². The van der Waals surface area contributed by atoms with Crippen LogP contribution in [-0.2, 0) is 4.79 Å². The Kier molecular flexibility index (Phi) is 7.17. The maximum Gasteiger partial charge on any atom is 0.246 e. The first-order chi connectivity index (χ1) is 18.1. The Morgan fingerprint density at radius 1 is 1.00 bits per heavy atom. The highest BCUT2D eigenvalue weighted by Crippen LogP contribution is 2.38. The zero-order chi connectivity index (χ0) is 25.8. The second-order valence-electron chi connectivity index (χ2n) is 9.13. The number of carbonyl (C=O) groups excluding carboxylic acids is 1. The zero-order valence-electron chi connectivity index (χ0n) is 21.6. The lowest BCUT2D eigenvalue weighted by Crippen LogP contribution is -2.48. The van der Waals surface area contributed by atoms with Crippen LogP contribution in [0.15, 0.2) is 83.5 Å². The molecule has 0 aliphatic carbocycles. The molecule has 0 radical (unpaired) electrons. The summed E-state index contributed by atoms with van der Waals surface area (Å²) < 4.78 is 17.3. The molecule has 0 spiro atoms. The highest BCUT2D eigenvalue weighted by atomic mass is 16.5. The minimum absolute atomic E-state index is 0.0213. The van der Waals surface area contributed by atoms with Crippen molar-refractivity contribution in [2.75, 3.05) is 44.8 Å². The first-order valence-corrected chi connectivity index (χ1v) is 12.7. The average Bonchev–Trinajstić information content (AvgIpc) is 3.36. The maximum atomic E-state index is 13.2. The van der Waals surface area contributed by atoms with E-state index < -0.39 is 0 Å². The van der Waals surface area contributed by atoms with E-state index in [9.17, 15) is 4.79 Å². The molecule has 2 heterocycles. The van der Waals surface area contributed by atoms with Crippen molar-refractivity contribution in [3.05, 3.63) is 84.6 Å². The molecule has 0 unspecified atom stereocenters. The van der Waals surface area contributed by atoms with Crippen molar-refractivity contribution < 1.29 is 18.7 Å². The van der Waals surface area contributed by atoms with Crippen LogP contribution in [0.3, 0.4) is 0 Å². The molecule has 6 nitrogen and oxygen atoms in total. The molecule has 0 saturated carbocycles. The number of hydrogen-bond acceptors (Lipinski definition) is 5. The third-order valence-corrected chi connectivity index (χ3v) is 6.83. The summed E-state index contributed by atoms with van der Waals surface area (Å²) in [4.78, 5) is 17.5. The molecular weight excluding hydrogens is 464 g/mol. The maximum absolute atomic E-state index is 13.2. The van der Waals surface area contributed by atoms with E-state index >= 15 is 0 Å². The lowest BCUT2D eigenvalue weighted by molar-refractivity contribution is -0.126. The number of piperazine rings is 1. The van der Waals surface area contributed by atoms with Crippen LogP contribution >= 0.6 is 0 Å². The van der Waals surface area contributed by atoms with Gasteiger partial charge in [0.05, 0.1) is 20.0 Å². The molecule has 4 aromatic rings. The number of hydrogen-bond donors (Lipinski definition) is 0. The first kappa shape index (κ1) is 24.5. The van der Waals surface area contributed by atoms with E-state index in [1.54, 1.807) is 19.4 Å². The third kappa shape index (κ3) is 5.19. The summed E-state index contributed by atoms with van der Waals surface area (Å²) in [6.45, 7) is 7.45. The number of nitrogens with zero attached hydrogens (tertiary/aromatic N) is 2. The summed E-state index contributed by atoms with van der Waals surface area (Å²) in [5, 5.41) is 0.961. The predicted molar refractivity (Wildman–Crippen MR) is 148 cm³/mol. The monoisotopic (exact) mass is 496 g/mol. The Morgan fingerprint density at radius 3 is 2.51 bits per heavy atom. The van der Waals surface area contributed by atoms with Crippen molar-refractivity contribution in [1.82, 2.24) is 4.90 Å². The van der Waals surface area contributed by atoms with E-state index in [1.807, 2.05) is 67.3 Å². The van der Waals surface area contributed by atoms with Gasteiger partial charge in [0, 0.05) is 60.5 Å². The molecule has 1 amide bonds. The highest BCUT2D eigenvalue weighted by Gasteiger charge is 2.21. The van der Waals surface area contributed by atoms with Crippen molar-refractivity contribution in [2.45, 2.75) is 13.8 Å². The molecule has 0 atom stereocenters. The van der Waals surface area contributed by atoms with Gasteiger partial charge in [-0.2, -0.15) is 0 Å². The number of fused-ring (bicyclic) bond motifs is 1. The molecule has 5 rings (SSSR count). The minimum atomic E-state index is 0.0213. The summed E-state index contributed by atoms with van der Waals surface area (Å²) in [6, 6.07) is 22.2. The molecule has 6 heteroatoms. The number of rotatable bonds is 7. The normalized spacial score (nSPS) is 14.2. The largest absolute Gasteiger partial charge is 0.497 e. The fourth-order valence-electron chi connectivity index (χ4n) is 4.83. The Bertz CT molecular complexity index is 1420. The third-order valence-electron chi connectivity index (χ3n) is 6.83. The van der Waals surface area contributed by atoms with Crippen LogP contribution in [-0.4, -0.2) is 50.7 Å². The van der Waals surface area contributed by atoms with Crippen LogP contribution in [0.25, 0.3) is 27.7 Å². The molecule has 37 heavy (non-hydrogen) atoms. The SMILES string of the molecule is CCOc1cc2occ(-c3cccc(OC)c3)c2cc1/C(C)=C/C(=O)N1CCN(c2ccccc2)CC1. The number of benzene rings is 3. The fraction of sp³-hybridized carbons (Fsp3) is 0.258. The molecule has 190 valence electrons. The molecule has 1 aliphatic rings. The summed E-state index contributed by atoms with van der Waals surface area (Å²) >= 11 is 0. The number of anilines is 1. The molecule has 1 aromatic heterocycles. The van der Waals surface area contributed by atoms with Crippen molar-refractivity contribution in [3.63, 3.8) is 0 Å². The summed E-state index contributed by atoms with van der Waals surface area (Å²) in [5.41, 5.74) is 5.65. The fourth-order valence-corrected chi connectivity index (χ4v) is 4.83. The smallest absolute Gasteiger partial charge is 0.246 e. The molecule has 0 N–H and O–H groups in total. The van der Waals surface area contributed by atoms with Gasteiger partial charge in [0.25, 0.3) is 0 Å². The predicted octanol–water partition coefficient (Wildman–Crippen LogP) is 6.26. The molecule has 1 aliphatic heterocycles. The number of amides is 1. The van der Waals surface area contributed by atoms with E-state index in [2.05, 4.69) is 23.1 Å². The second kappa shape index (κ2) is 10.8. The van der Waals surface area contributed by atoms with E-state index in [1.165, 1.54) is 5.69 Å². The van der Waals surface area contributed by atoms with Gasteiger partial charge in [0.2, 0.25) is 5.91 Å². The van der Waals surface area contributed by atoms with Crippen molar-refractivity contribution >= 4 is 28.1 Å². The number of allylic oxidation sites excluding steroid dienone is 1. The number of para-hydroxylation sites is 1. The number of furan rings is 1. The Morgan fingerprint density at radius 2 is 1.78 bits per heavy atom. The number of ether oxygens (including phenoxy) is 2. The lowest BCUT2D eigenvalue weighted by atomic mass is 9.99. The van der Waals surface area contributed by atoms with Crippen LogP contribution in [0.1, 0.15) is 19.4 Å². The number of methoxy groups -OCH3 is 1. The van der Waals surface area contributed by atoms with Gasteiger partial charge < -0.3 is 23.7 Å². The van der Waals surface area contributed by atoms with E-state index in [0.29, 0.717) is 25.4 Å². The van der Waals surface area contributed by atoms with E-state index in [0.717, 1.165) is 52.1 Å². The quantitative estimate of drug-likeness (QED) is 0.283. The summed E-state index contributed by atoms with van der Waals surface area (Å²) in [6.07, 6.45) is 3.49. The Hall–Kier alpha value is -4.19. The minimum Gasteiger partial charge on any atom is -0.497 e. The van der Waals surface area contributed by atoms with Crippen LogP contribution in [0, 0.1) is 0 Å². The molecule has 1 saturated heterocycles. The molecule has 1 fully saturated rings. The van der Waals surface area contributed by atoms with E-state index in [-0.39, 0.29) is 5.91 Å². The highest BCUT2D eigenvalue weighted by molar-refractivity contribution is 6.00. The Balaban J connectivity index is 1.41. The van der Waals surface area contributed by atoms with Gasteiger partial charge in [0.15, 0.2) is 0 Å². The van der Waals surface area contributed by atoms with Gasteiger partial charge >= 0.3 is 0 Å². The van der Waals surface area contributed by atoms with Crippen LogP contribution in [0.5, 0.6) is 11.5 Å². The standard InChI is InChI=1S/C31H32N2O4/c1-4-36-29-20-30-27(28(21-37-30)23-9-8-12-25(18-23)35-3)19-26(29)22(2)17-31(34)33-15-13-32(14-16-33)24-10-6-5-7-11-24/h5-12,17-21H,4,13-16H2,1-3H3/b22-17+. The summed E-state index contributed by atoms with van der Waals surface area (Å²) in [7, 11) is 1.66. The molecular formula is C31H32N2O4. The topological polar surface area (TPSA) is 55.2 Å². The Labute approximate surface area is 217 Å². The first-order valence-electron chi connectivity index (χ1n) is 12.7. The van der Waals surface area contributed by atoms with Crippen molar-refractivity contribution in [1.29, 1.82) is 0 Å². The number of carbonyl (C=O) groups is 1. The van der Waals surface area contributed by atoms with Crippen molar-refractivity contribution in [3.8, 4) is 22.6 Å². The van der Waals surface area contributed by atoms with E-state index in [4.69, 9.17) is 13.9 Å². The zero-order valence-corrected chi connectivity index (χ0v) is 21.6. The second-order valence-corrected chi connectivity index (χ2v) is 9.13. The van der Waals surface area contributed by atoms with Gasteiger partial charge in [-0.05, 0) is 55.3 Å². The molecule has 3 aromatic carbocycles. The van der Waals surface area contributed by atoms with Crippen LogP contribution in [0.4, 0.5) is 5.69 Å². The van der Waals surface area contributed by atoms with Crippen LogP contribution in [0.2, 0.25) is 0 Å². The lowest BCUT2D eigenvalue weighted by Gasteiger charge is -2.35. The van der Waals surface area contributed by atoms with Gasteiger partial charge in [-0.1, -0.05) is 30.3 Å².